The maximum Gasteiger partial charge on any atom is 0.0797 e. The Hall–Kier alpha value is -0.900. The van der Waals surface area contributed by atoms with Crippen LogP contribution in [0.5, 0.6) is 0 Å². The lowest BCUT2D eigenvalue weighted by Crippen LogP contribution is -2.54. The summed E-state index contributed by atoms with van der Waals surface area (Å²) in [6.07, 6.45) is 1.25. The molecule has 0 aliphatic carbocycles. The second-order valence-corrected chi connectivity index (χ2v) is 6.26. The maximum atomic E-state index is 10.1. The Bertz CT molecular complexity index is 409. The van der Waals surface area contributed by atoms with Crippen molar-refractivity contribution in [1.82, 2.24) is 10.2 Å². The molecule has 1 aliphatic rings. The van der Waals surface area contributed by atoms with Crippen molar-refractivity contribution in [2.75, 3.05) is 26.2 Å². The summed E-state index contributed by atoms with van der Waals surface area (Å²) in [5.41, 5.74) is 0.824. The molecule has 0 amide bonds. The Morgan fingerprint density at radius 1 is 1.30 bits per heavy atom. The van der Waals surface area contributed by atoms with Gasteiger partial charge in [0.2, 0.25) is 0 Å². The Labute approximate surface area is 123 Å². The van der Waals surface area contributed by atoms with Crippen molar-refractivity contribution in [3.8, 4) is 0 Å². The molecule has 1 fully saturated rings. The van der Waals surface area contributed by atoms with Gasteiger partial charge in [0.05, 0.1) is 12.1 Å². The second-order valence-electron chi connectivity index (χ2n) is 6.26. The SMILES string of the molecule is CCNC(CO)(CN1CC(C)CC1C)c1ccccc1. The van der Waals surface area contributed by atoms with Gasteiger partial charge in [-0.1, -0.05) is 44.2 Å². The van der Waals surface area contributed by atoms with Crippen LogP contribution in [0.15, 0.2) is 30.3 Å². The Morgan fingerprint density at radius 2 is 2.00 bits per heavy atom. The van der Waals surface area contributed by atoms with E-state index in [4.69, 9.17) is 0 Å². The number of benzene rings is 1. The van der Waals surface area contributed by atoms with Gasteiger partial charge >= 0.3 is 0 Å². The highest BCUT2D eigenvalue weighted by Gasteiger charge is 2.37. The van der Waals surface area contributed by atoms with Gasteiger partial charge in [0, 0.05) is 19.1 Å². The number of aliphatic hydroxyl groups is 1. The first-order valence-corrected chi connectivity index (χ1v) is 7.76. The lowest BCUT2D eigenvalue weighted by Gasteiger charge is -2.38. The molecule has 0 spiro atoms. The van der Waals surface area contributed by atoms with Gasteiger partial charge in [-0.15, -0.1) is 0 Å². The van der Waals surface area contributed by atoms with Crippen LogP contribution in [0.3, 0.4) is 0 Å². The van der Waals surface area contributed by atoms with E-state index in [1.54, 1.807) is 0 Å². The average Bonchev–Trinajstić information content (AvgIpc) is 2.77. The normalized spacial score (nSPS) is 26.6. The quantitative estimate of drug-likeness (QED) is 0.836. The molecule has 1 aliphatic heterocycles. The second kappa shape index (κ2) is 6.70. The fourth-order valence-corrected chi connectivity index (χ4v) is 3.50. The summed E-state index contributed by atoms with van der Waals surface area (Å²) in [4.78, 5) is 2.51. The number of nitrogens with one attached hydrogen (secondary N) is 1. The molecule has 0 radical (unpaired) electrons. The minimum atomic E-state index is -0.353. The van der Waals surface area contributed by atoms with E-state index in [0.717, 1.165) is 25.6 Å². The number of hydrogen-bond acceptors (Lipinski definition) is 3. The highest BCUT2D eigenvalue weighted by molar-refractivity contribution is 5.25. The van der Waals surface area contributed by atoms with Gasteiger partial charge in [-0.2, -0.15) is 0 Å². The van der Waals surface area contributed by atoms with Crippen LogP contribution >= 0.6 is 0 Å². The van der Waals surface area contributed by atoms with E-state index in [1.165, 1.54) is 12.0 Å². The number of hydrogen-bond donors (Lipinski definition) is 2. The predicted molar refractivity (Wildman–Crippen MR) is 83.7 cm³/mol. The molecule has 1 aromatic rings. The largest absolute Gasteiger partial charge is 0.394 e. The van der Waals surface area contributed by atoms with Crippen LogP contribution in [-0.2, 0) is 5.54 Å². The third kappa shape index (κ3) is 3.22. The third-order valence-corrected chi connectivity index (χ3v) is 4.50. The maximum absolute atomic E-state index is 10.1. The molecule has 0 saturated carbocycles. The Kier molecular flexibility index (Phi) is 5.19. The van der Waals surface area contributed by atoms with Gasteiger partial charge < -0.3 is 10.4 Å². The lowest BCUT2D eigenvalue weighted by atomic mass is 9.89. The van der Waals surface area contributed by atoms with Crippen LogP contribution in [0, 0.1) is 5.92 Å². The van der Waals surface area contributed by atoms with Crippen LogP contribution in [0.4, 0.5) is 0 Å². The highest BCUT2D eigenvalue weighted by Crippen LogP contribution is 2.28. The van der Waals surface area contributed by atoms with E-state index >= 15 is 0 Å². The summed E-state index contributed by atoms with van der Waals surface area (Å²) in [5.74, 6) is 0.749. The fraction of sp³-hybridized carbons (Fsp3) is 0.647. The van der Waals surface area contributed by atoms with Crippen LogP contribution in [-0.4, -0.2) is 42.3 Å². The van der Waals surface area contributed by atoms with Crippen LogP contribution in [0.1, 0.15) is 32.8 Å². The summed E-state index contributed by atoms with van der Waals surface area (Å²) in [6, 6.07) is 10.9. The number of aliphatic hydroxyl groups excluding tert-OH is 1. The zero-order valence-corrected chi connectivity index (χ0v) is 13.0. The number of likely N-dealkylation sites (tertiary alicyclic amines) is 1. The van der Waals surface area contributed by atoms with E-state index in [0.29, 0.717) is 6.04 Å². The van der Waals surface area contributed by atoms with Gasteiger partial charge in [-0.3, -0.25) is 4.90 Å². The van der Waals surface area contributed by atoms with E-state index < -0.39 is 0 Å². The van der Waals surface area contributed by atoms with E-state index in [-0.39, 0.29) is 12.1 Å². The first kappa shape index (κ1) is 15.5. The molecule has 3 unspecified atom stereocenters. The first-order chi connectivity index (χ1) is 9.61. The number of rotatable bonds is 6. The average molecular weight is 276 g/mol. The molecule has 0 aromatic heterocycles. The van der Waals surface area contributed by atoms with Crippen molar-refractivity contribution in [1.29, 1.82) is 0 Å². The molecule has 3 atom stereocenters. The molecule has 1 aromatic carbocycles. The molecule has 112 valence electrons. The standard InChI is InChI=1S/C17H28N2O/c1-4-18-17(13-20,16-8-6-5-7-9-16)12-19-11-14(2)10-15(19)3/h5-9,14-15,18,20H,4,10-13H2,1-3H3. The fourth-order valence-electron chi connectivity index (χ4n) is 3.50. The summed E-state index contributed by atoms with van der Waals surface area (Å²) >= 11 is 0. The molecule has 3 nitrogen and oxygen atoms in total. The summed E-state index contributed by atoms with van der Waals surface area (Å²) in [7, 11) is 0. The minimum Gasteiger partial charge on any atom is -0.394 e. The monoisotopic (exact) mass is 276 g/mol. The minimum absolute atomic E-state index is 0.127. The predicted octanol–water partition coefficient (Wildman–Crippen LogP) is 2.21. The molecule has 2 rings (SSSR count). The molecule has 1 saturated heterocycles. The van der Waals surface area contributed by atoms with Gasteiger partial charge in [0.25, 0.3) is 0 Å². The number of likely N-dealkylation sites (N-methyl/N-ethyl adjacent to an activating group) is 1. The zero-order chi connectivity index (χ0) is 14.6. The van der Waals surface area contributed by atoms with E-state index in [2.05, 4.69) is 43.1 Å². The van der Waals surface area contributed by atoms with Crippen molar-refractivity contribution in [3.63, 3.8) is 0 Å². The molecule has 3 heteroatoms. The van der Waals surface area contributed by atoms with Gasteiger partial charge in [0.1, 0.15) is 0 Å². The Morgan fingerprint density at radius 3 is 2.50 bits per heavy atom. The topological polar surface area (TPSA) is 35.5 Å². The van der Waals surface area contributed by atoms with Gasteiger partial charge in [-0.05, 0) is 31.4 Å². The van der Waals surface area contributed by atoms with Crippen molar-refractivity contribution in [2.24, 2.45) is 5.92 Å². The molecule has 20 heavy (non-hydrogen) atoms. The first-order valence-electron chi connectivity index (χ1n) is 7.76. The smallest absolute Gasteiger partial charge is 0.0797 e. The van der Waals surface area contributed by atoms with Crippen molar-refractivity contribution in [3.05, 3.63) is 35.9 Å². The summed E-state index contributed by atoms with van der Waals surface area (Å²) in [6.45, 7) is 9.68. The number of nitrogens with zero attached hydrogens (tertiary/aromatic N) is 1. The van der Waals surface area contributed by atoms with Crippen molar-refractivity contribution in [2.45, 2.75) is 38.8 Å². The van der Waals surface area contributed by atoms with Crippen molar-refractivity contribution >= 4 is 0 Å². The van der Waals surface area contributed by atoms with Gasteiger partial charge in [-0.25, -0.2) is 0 Å². The van der Waals surface area contributed by atoms with E-state index in [1.807, 2.05) is 18.2 Å². The Balaban J connectivity index is 2.23. The molecule has 1 heterocycles. The summed E-state index contributed by atoms with van der Waals surface area (Å²) < 4.78 is 0. The summed E-state index contributed by atoms with van der Waals surface area (Å²) in [5, 5.41) is 13.6. The molecule has 0 bridgehead atoms. The lowest BCUT2D eigenvalue weighted by molar-refractivity contribution is 0.103. The zero-order valence-electron chi connectivity index (χ0n) is 13.0. The van der Waals surface area contributed by atoms with E-state index in [9.17, 15) is 5.11 Å². The molecular formula is C17H28N2O. The molecule has 2 N–H and O–H groups in total. The van der Waals surface area contributed by atoms with Crippen molar-refractivity contribution < 1.29 is 5.11 Å². The van der Waals surface area contributed by atoms with Gasteiger partial charge in [0.15, 0.2) is 0 Å². The highest BCUT2D eigenvalue weighted by atomic mass is 16.3. The van der Waals surface area contributed by atoms with Crippen LogP contribution < -0.4 is 5.32 Å². The van der Waals surface area contributed by atoms with Crippen LogP contribution in [0.25, 0.3) is 0 Å². The third-order valence-electron chi connectivity index (χ3n) is 4.50. The molecular weight excluding hydrogens is 248 g/mol. The van der Waals surface area contributed by atoms with Crippen LogP contribution in [0.2, 0.25) is 0 Å².